The van der Waals surface area contributed by atoms with Crippen molar-refractivity contribution in [1.29, 1.82) is 0 Å². The Labute approximate surface area is 118 Å². The van der Waals surface area contributed by atoms with Crippen molar-refractivity contribution in [2.75, 3.05) is 11.1 Å². The number of aryl methyl sites for hydroxylation is 1. The number of aliphatic hydroxyl groups is 1. The average molecular weight is 270 g/mol. The van der Waals surface area contributed by atoms with Crippen LogP contribution < -0.4 is 11.1 Å². The number of nitrogens with two attached hydrogens (primary N) is 1. The Kier molecular flexibility index (Phi) is 4.05. The van der Waals surface area contributed by atoms with E-state index in [9.17, 15) is 9.90 Å². The highest BCUT2D eigenvalue weighted by molar-refractivity contribution is 6.05. The molecule has 0 bridgehead atoms. The maximum absolute atomic E-state index is 12.2. The molecule has 0 aliphatic carbocycles. The van der Waals surface area contributed by atoms with Gasteiger partial charge < -0.3 is 16.2 Å². The number of carbonyl (C=O) groups excluding carboxylic acids is 1. The van der Waals surface area contributed by atoms with Gasteiger partial charge in [-0.05, 0) is 43.7 Å². The largest absolute Gasteiger partial charge is 0.399 e. The zero-order valence-electron chi connectivity index (χ0n) is 11.6. The van der Waals surface area contributed by atoms with E-state index in [-0.39, 0.29) is 5.91 Å². The predicted octanol–water partition coefficient (Wildman–Crippen LogP) is 2.88. The smallest absolute Gasteiger partial charge is 0.255 e. The molecule has 2 rings (SSSR count). The number of hydrogen-bond acceptors (Lipinski definition) is 3. The molecule has 0 aliphatic rings. The van der Waals surface area contributed by atoms with Crippen LogP contribution in [-0.4, -0.2) is 11.0 Å². The number of carbonyl (C=O) groups is 1. The van der Waals surface area contributed by atoms with Crippen molar-refractivity contribution in [3.63, 3.8) is 0 Å². The van der Waals surface area contributed by atoms with Gasteiger partial charge in [0.1, 0.15) is 0 Å². The molecular formula is C16H18N2O2. The van der Waals surface area contributed by atoms with Crippen molar-refractivity contribution in [2.24, 2.45) is 0 Å². The summed E-state index contributed by atoms with van der Waals surface area (Å²) in [5.41, 5.74) is 9.10. The van der Waals surface area contributed by atoms with Crippen molar-refractivity contribution in [1.82, 2.24) is 0 Å². The minimum absolute atomic E-state index is 0.221. The SMILES string of the molecule is Cc1cc(C(=O)Nc2ccccc2C(C)O)ccc1N. The first kappa shape index (κ1) is 14.1. The van der Waals surface area contributed by atoms with Crippen LogP contribution in [0.1, 0.15) is 34.5 Å². The molecule has 0 saturated carbocycles. The molecule has 4 N–H and O–H groups in total. The van der Waals surface area contributed by atoms with Gasteiger partial charge in [0.25, 0.3) is 5.91 Å². The summed E-state index contributed by atoms with van der Waals surface area (Å²) in [6, 6.07) is 12.3. The van der Waals surface area contributed by atoms with E-state index in [1.165, 1.54) is 0 Å². The minimum atomic E-state index is -0.639. The highest BCUT2D eigenvalue weighted by atomic mass is 16.3. The summed E-state index contributed by atoms with van der Waals surface area (Å²) in [6.07, 6.45) is -0.639. The molecule has 1 amide bonds. The molecule has 0 heterocycles. The van der Waals surface area contributed by atoms with Crippen molar-refractivity contribution in [3.05, 3.63) is 59.2 Å². The Morgan fingerprint density at radius 3 is 2.60 bits per heavy atom. The number of rotatable bonds is 3. The molecule has 2 aromatic carbocycles. The number of para-hydroxylation sites is 1. The summed E-state index contributed by atoms with van der Waals surface area (Å²) in [6.45, 7) is 3.52. The Morgan fingerprint density at radius 2 is 1.95 bits per heavy atom. The van der Waals surface area contributed by atoms with Gasteiger partial charge >= 0.3 is 0 Å². The standard InChI is InChI=1S/C16H18N2O2/c1-10-9-12(7-8-14(10)17)16(20)18-15-6-4-3-5-13(15)11(2)19/h3-9,11,19H,17H2,1-2H3,(H,18,20). The van der Waals surface area contributed by atoms with E-state index in [1.807, 2.05) is 19.1 Å². The third kappa shape index (κ3) is 2.97. The lowest BCUT2D eigenvalue weighted by Gasteiger charge is -2.13. The number of anilines is 2. The number of hydrogen-bond donors (Lipinski definition) is 3. The van der Waals surface area contributed by atoms with E-state index >= 15 is 0 Å². The highest BCUT2D eigenvalue weighted by Gasteiger charge is 2.12. The summed E-state index contributed by atoms with van der Waals surface area (Å²) < 4.78 is 0. The van der Waals surface area contributed by atoms with E-state index in [0.29, 0.717) is 22.5 Å². The number of benzene rings is 2. The van der Waals surface area contributed by atoms with Crippen molar-refractivity contribution in [3.8, 4) is 0 Å². The summed E-state index contributed by atoms with van der Waals surface area (Å²) in [4.78, 5) is 12.2. The van der Waals surface area contributed by atoms with E-state index in [2.05, 4.69) is 5.32 Å². The summed E-state index contributed by atoms with van der Waals surface area (Å²) in [7, 11) is 0. The van der Waals surface area contributed by atoms with Crippen LogP contribution >= 0.6 is 0 Å². The van der Waals surface area contributed by atoms with Gasteiger partial charge in [0.05, 0.1) is 6.10 Å². The van der Waals surface area contributed by atoms with Gasteiger partial charge in [0, 0.05) is 22.5 Å². The lowest BCUT2D eigenvalue weighted by Crippen LogP contribution is -2.14. The maximum Gasteiger partial charge on any atom is 0.255 e. The lowest BCUT2D eigenvalue weighted by atomic mass is 10.1. The first-order chi connectivity index (χ1) is 9.49. The number of nitrogens with one attached hydrogen (secondary N) is 1. The van der Waals surface area contributed by atoms with Gasteiger partial charge in [-0.2, -0.15) is 0 Å². The van der Waals surface area contributed by atoms with Crippen molar-refractivity contribution < 1.29 is 9.90 Å². The van der Waals surface area contributed by atoms with Crippen LogP contribution in [0, 0.1) is 6.92 Å². The van der Waals surface area contributed by atoms with Crippen LogP contribution in [0.5, 0.6) is 0 Å². The molecule has 20 heavy (non-hydrogen) atoms. The Balaban J connectivity index is 2.26. The third-order valence-corrected chi connectivity index (χ3v) is 3.19. The van der Waals surface area contributed by atoms with Gasteiger partial charge in [0.2, 0.25) is 0 Å². The Morgan fingerprint density at radius 1 is 1.25 bits per heavy atom. The second-order valence-corrected chi connectivity index (χ2v) is 4.79. The quantitative estimate of drug-likeness (QED) is 0.751. The van der Waals surface area contributed by atoms with E-state index in [0.717, 1.165) is 5.56 Å². The topological polar surface area (TPSA) is 75.3 Å². The first-order valence-corrected chi connectivity index (χ1v) is 6.43. The maximum atomic E-state index is 12.2. The van der Waals surface area contributed by atoms with Gasteiger partial charge in [0.15, 0.2) is 0 Å². The van der Waals surface area contributed by atoms with Crippen LogP contribution in [0.4, 0.5) is 11.4 Å². The molecule has 104 valence electrons. The zero-order valence-corrected chi connectivity index (χ0v) is 11.6. The van der Waals surface area contributed by atoms with Gasteiger partial charge in [-0.3, -0.25) is 4.79 Å². The molecule has 1 unspecified atom stereocenters. The molecule has 0 saturated heterocycles. The average Bonchev–Trinajstić information content (AvgIpc) is 2.42. The molecule has 4 heteroatoms. The van der Waals surface area contributed by atoms with Gasteiger partial charge in [-0.1, -0.05) is 18.2 Å². The van der Waals surface area contributed by atoms with Crippen molar-refractivity contribution in [2.45, 2.75) is 20.0 Å². The molecule has 0 radical (unpaired) electrons. The first-order valence-electron chi connectivity index (χ1n) is 6.43. The number of amides is 1. The van der Waals surface area contributed by atoms with E-state index in [4.69, 9.17) is 5.73 Å². The summed E-state index contributed by atoms with van der Waals surface area (Å²) >= 11 is 0. The van der Waals surface area contributed by atoms with Crippen LogP contribution in [0.25, 0.3) is 0 Å². The fourth-order valence-electron chi connectivity index (χ4n) is 1.99. The molecule has 0 spiro atoms. The minimum Gasteiger partial charge on any atom is -0.399 e. The van der Waals surface area contributed by atoms with Crippen LogP contribution in [0.2, 0.25) is 0 Å². The molecule has 4 nitrogen and oxygen atoms in total. The fraction of sp³-hybridized carbons (Fsp3) is 0.188. The molecule has 2 aromatic rings. The normalized spacial score (nSPS) is 11.9. The molecule has 0 aliphatic heterocycles. The molecule has 1 atom stereocenters. The Hall–Kier alpha value is -2.33. The fourth-order valence-corrected chi connectivity index (χ4v) is 1.99. The number of aliphatic hydroxyl groups excluding tert-OH is 1. The zero-order chi connectivity index (χ0) is 14.7. The van der Waals surface area contributed by atoms with E-state index < -0.39 is 6.10 Å². The number of nitrogen functional groups attached to an aromatic ring is 1. The predicted molar refractivity (Wildman–Crippen MR) is 80.6 cm³/mol. The summed E-state index contributed by atoms with van der Waals surface area (Å²) in [5, 5.41) is 12.5. The monoisotopic (exact) mass is 270 g/mol. The van der Waals surface area contributed by atoms with Gasteiger partial charge in [-0.25, -0.2) is 0 Å². The van der Waals surface area contributed by atoms with Crippen LogP contribution in [-0.2, 0) is 0 Å². The molecular weight excluding hydrogens is 252 g/mol. The second-order valence-electron chi connectivity index (χ2n) is 4.79. The lowest BCUT2D eigenvalue weighted by molar-refractivity contribution is 0.102. The molecule has 0 aromatic heterocycles. The van der Waals surface area contributed by atoms with E-state index in [1.54, 1.807) is 37.3 Å². The Bertz CT molecular complexity index is 636. The third-order valence-electron chi connectivity index (χ3n) is 3.19. The van der Waals surface area contributed by atoms with Crippen LogP contribution in [0.15, 0.2) is 42.5 Å². The van der Waals surface area contributed by atoms with Crippen LogP contribution in [0.3, 0.4) is 0 Å². The molecule has 0 fully saturated rings. The summed E-state index contributed by atoms with van der Waals surface area (Å²) in [5.74, 6) is -0.221. The highest BCUT2D eigenvalue weighted by Crippen LogP contribution is 2.23. The van der Waals surface area contributed by atoms with Crippen molar-refractivity contribution >= 4 is 17.3 Å². The second kappa shape index (κ2) is 5.75. The van der Waals surface area contributed by atoms with Gasteiger partial charge in [-0.15, -0.1) is 0 Å².